The van der Waals surface area contributed by atoms with E-state index in [1.165, 1.54) is 18.2 Å². The molecule has 0 bridgehead atoms. The molecule has 0 amide bonds. The molecule has 20 heavy (non-hydrogen) atoms. The monoisotopic (exact) mass is 278 g/mol. The summed E-state index contributed by atoms with van der Waals surface area (Å²) in [7, 11) is 0. The molecule has 2 N–H and O–H groups in total. The second-order valence-corrected chi connectivity index (χ2v) is 3.93. The first-order chi connectivity index (χ1) is 9.27. The molecular weight excluding hydrogens is 264 g/mol. The Bertz CT molecular complexity index is 553. The van der Waals surface area contributed by atoms with Crippen LogP contribution in [0.25, 0.3) is 0 Å². The van der Waals surface area contributed by atoms with Gasteiger partial charge in [-0.3, -0.25) is 0 Å². The minimum atomic E-state index is -2.28. The summed E-state index contributed by atoms with van der Waals surface area (Å²) in [6, 6.07) is 3.78. The number of ether oxygens (including phenoxy) is 2. The van der Waals surface area contributed by atoms with Crippen LogP contribution in [0.2, 0.25) is 0 Å². The molecule has 6 heteroatoms. The Morgan fingerprint density at radius 1 is 1.15 bits per heavy atom. The summed E-state index contributed by atoms with van der Waals surface area (Å²) in [4.78, 5) is 22.3. The Morgan fingerprint density at radius 2 is 1.70 bits per heavy atom. The van der Waals surface area contributed by atoms with Crippen molar-refractivity contribution >= 4 is 11.9 Å². The van der Waals surface area contributed by atoms with E-state index < -0.39 is 17.7 Å². The highest BCUT2D eigenvalue weighted by atomic mass is 16.5. The highest BCUT2D eigenvalue weighted by Gasteiger charge is 2.25. The van der Waals surface area contributed by atoms with Gasteiger partial charge < -0.3 is 19.7 Å². The average molecular weight is 278 g/mol. The Balaban J connectivity index is 3.19. The number of aliphatic hydroxyl groups is 2. The van der Waals surface area contributed by atoms with Crippen molar-refractivity contribution in [3.63, 3.8) is 0 Å². The van der Waals surface area contributed by atoms with Crippen molar-refractivity contribution in [2.75, 3.05) is 0 Å². The molecule has 0 spiro atoms. The van der Waals surface area contributed by atoms with Crippen molar-refractivity contribution < 1.29 is 29.3 Å². The van der Waals surface area contributed by atoms with Crippen molar-refractivity contribution in [1.29, 1.82) is 0 Å². The number of carbonyl (C=O) groups is 2. The van der Waals surface area contributed by atoms with Gasteiger partial charge in [-0.15, -0.1) is 0 Å². The van der Waals surface area contributed by atoms with Gasteiger partial charge in [-0.25, -0.2) is 9.59 Å². The molecule has 0 heterocycles. The minimum absolute atomic E-state index is 0.0534. The van der Waals surface area contributed by atoms with Crippen molar-refractivity contribution in [3.05, 3.63) is 49.1 Å². The molecule has 0 saturated heterocycles. The van der Waals surface area contributed by atoms with Crippen LogP contribution in [0.4, 0.5) is 0 Å². The van der Waals surface area contributed by atoms with Gasteiger partial charge in [0.2, 0.25) is 0 Å². The first-order valence-electron chi connectivity index (χ1n) is 5.55. The largest absolute Gasteiger partial charge is 0.423 e. The third kappa shape index (κ3) is 4.04. The molecule has 1 aromatic carbocycles. The lowest BCUT2D eigenvalue weighted by molar-refractivity contribution is -0.154. The van der Waals surface area contributed by atoms with Crippen LogP contribution in [0, 0.1) is 0 Å². The van der Waals surface area contributed by atoms with E-state index in [4.69, 9.17) is 9.47 Å². The summed E-state index contributed by atoms with van der Waals surface area (Å²) in [6.07, 6.45) is 1.89. The molecule has 0 unspecified atom stereocenters. The Morgan fingerprint density at radius 3 is 2.20 bits per heavy atom. The molecule has 0 aliphatic heterocycles. The maximum absolute atomic E-state index is 11.2. The van der Waals surface area contributed by atoms with Gasteiger partial charge in [0.1, 0.15) is 11.5 Å². The van der Waals surface area contributed by atoms with Gasteiger partial charge in [0, 0.05) is 12.2 Å². The topological polar surface area (TPSA) is 93.1 Å². The van der Waals surface area contributed by atoms with Gasteiger partial charge in [0.05, 0.1) is 5.56 Å². The fraction of sp³-hybridized carbons (Fsp3) is 0.143. The van der Waals surface area contributed by atoms with E-state index in [0.29, 0.717) is 0 Å². The summed E-state index contributed by atoms with van der Waals surface area (Å²) in [6.45, 7) is 7.55. The van der Waals surface area contributed by atoms with Crippen LogP contribution < -0.4 is 9.47 Å². The number of esters is 2. The quantitative estimate of drug-likeness (QED) is 0.361. The van der Waals surface area contributed by atoms with E-state index in [1.54, 1.807) is 0 Å². The van der Waals surface area contributed by atoms with Crippen LogP contribution in [0.3, 0.4) is 0 Å². The van der Waals surface area contributed by atoms with Crippen molar-refractivity contribution in [1.82, 2.24) is 0 Å². The molecule has 0 aliphatic rings. The smallest absolute Gasteiger partial charge is 0.335 e. The van der Waals surface area contributed by atoms with Crippen LogP contribution in [0.5, 0.6) is 11.5 Å². The molecule has 0 aromatic heterocycles. The summed E-state index contributed by atoms with van der Waals surface area (Å²) >= 11 is 0. The standard InChI is InChI=1S/C14H14O6/c1-4-12(15)19-9-6-7-11(20-13(16)5-2)10(8-9)14(3,17)18/h4-8,17-18H,1-2H2,3H3. The lowest BCUT2D eigenvalue weighted by atomic mass is 10.1. The van der Waals surface area contributed by atoms with Gasteiger partial charge >= 0.3 is 11.9 Å². The summed E-state index contributed by atoms with van der Waals surface area (Å²) in [5.41, 5.74) is -0.137. The molecule has 1 aromatic rings. The van der Waals surface area contributed by atoms with E-state index >= 15 is 0 Å². The molecule has 0 aliphatic carbocycles. The second kappa shape index (κ2) is 6.14. The highest BCUT2D eigenvalue weighted by Crippen LogP contribution is 2.32. The Kier molecular flexibility index (Phi) is 4.79. The van der Waals surface area contributed by atoms with Gasteiger partial charge in [-0.2, -0.15) is 0 Å². The first kappa shape index (κ1) is 15.6. The minimum Gasteiger partial charge on any atom is -0.423 e. The maximum Gasteiger partial charge on any atom is 0.335 e. The van der Waals surface area contributed by atoms with Gasteiger partial charge in [-0.05, 0) is 25.1 Å². The van der Waals surface area contributed by atoms with Crippen molar-refractivity contribution in [2.24, 2.45) is 0 Å². The predicted molar refractivity (Wildman–Crippen MR) is 69.9 cm³/mol. The van der Waals surface area contributed by atoms with E-state index in [0.717, 1.165) is 19.1 Å². The zero-order valence-electron chi connectivity index (χ0n) is 10.8. The number of carbonyl (C=O) groups excluding carboxylic acids is 2. The number of hydrogen-bond acceptors (Lipinski definition) is 6. The van der Waals surface area contributed by atoms with Crippen LogP contribution in [0.1, 0.15) is 12.5 Å². The zero-order valence-corrected chi connectivity index (χ0v) is 10.8. The number of hydrogen-bond donors (Lipinski definition) is 2. The van der Waals surface area contributed by atoms with Gasteiger partial charge in [-0.1, -0.05) is 13.2 Å². The fourth-order valence-electron chi connectivity index (χ4n) is 1.34. The van der Waals surface area contributed by atoms with Crippen molar-refractivity contribution in [2.45, 2.75) is 12.7 Å². The van der Waals surface area contributed by atoms with Gasteiger partial charge in [0.15, 0.2) is 5.79 Å². The van der Waals surface area contributed by atoms with Crippen LogP contribution >= 0.6 is 0 Å². The van der Waals surface area contributed by atoms with Crippen LogP contribution in [-0.2, 0) is 15.4 Å². The Hall–Kier alpha value is -2.44. The fourth-order valence-corrected chi connectivity index (χ4v) is 1.34. The molecule has 0 fully saturated rings. The lowest BCUT2D eigenvalue weighted by Crippen LogP contribution is -2.22. The number of benzene rings is 1. The van der Waals surface area contributed by atoms with Crippen molar-refractivity contribution in [3.8, 4) is 11.5 Å². The van der Waals surface area contributed by atoms with Gasteiger partial charge in [0.25, 0.3) is 0 Å². The molecule has 0 atom stereocenters. The first-order valence-corrected chi connectivity index (χ1v) is 5.55. The molecule has 1 rings (SSSR count). The highest BCUT2D eigenvalue weighted by molar-refractivity contribution is 5.84. The average Bonchev–Trinajstić information content (AvgIpc) is 2.38. The van der Waals surface area contributed by atoms with E-state index in [1.807, 2.05) is 0 Å². The van der Waals surface area contributed by atoms with Crippen LogP contribution in [-0.4, -0.2) is 22.2 Å². The molecule has 0 saturated carbocycles. The molecule has 106 valence electrons. The number of rotatable bonds is 5. The predicted octanol–water partition coefficient (Wildman–Crippen LogP) is 1.03. The maximum atomic E-state index is 11.2. The van der Waals surface area contributed by atoms with E-state index in [9.17, 15) is 19.8 Å². The summed E-state index contributed by atoms with van der Waals surface area (Å²) in [5.74, 6) is -3.78. The third-order valence-electron chi connectivity index (χ3n) is 2.22. The second-order valence-electron chi connectivity index (χ2n) is 3.93. The SMILES string of the molecule is C=CC(=O)Oc1ccc(OC(=O)C=C)c(C(C)(O)O)c1. The van der Waals surface area contributed by atoms with E-state index in [2.05, 4.69) is 13.2 Å². The molecular formula is C14H14O6. The third-order valence-corrected chi connectivity index (χ3v) is 2.22. The van der Waals surface area contributed by atoms with Crippen LogP contribution in [0.15, 0.2) is 43.5 Å². The zero-order chi connectivity index (χ0) is 15.3. The summed E-state index contributed by atoms with van der Waals surface area (Å²) < 4.78 is 9.72. The molecule has 6 nitrogen and oxygen atoms in total. The molecule has 0 radical (unpaired) electrons. The Labute approximate surface area is 115 Å². The summed E-state index contributed by atoms with van der Waals surface area (Å²) in [5, 5.41) is 19.3. The van der Waals surface area contributed by atoms with E-state index in [-0.39, 0.29) is 17.1 Å². The lowest BCUT2D eigenvalue weighted by Gasteiger charge is -2.20. The normalized spacial score (nSPS) is 10.6.